The van der Waals surface area contributed by atoms with Crippen LogP contribution in [0, 0.1) is 13.8 Å². The smallest absolute Gasteiger partial charge is 0.418 e. The maximum Gasteiger partial charge on any atom is 0.418 e. The third-order valence-corrected chi connectivity index (χ3v) is 2.16. The van der Waals surface area contributed by atoms with Crippen LogP contribution < -0.4 is 0 Å². The van der Waals surface area contributed by atoms with Gasteiger partial charge in [-0.25, -0.2) is 0 Å². The summed E-state index contributed by atoms with van der Waals surface area (Å²) in [5, 5.41) is 18.2. The number of halogens is 3. The molecule has 1 atom stereocenters. The number of hydrogen-bond donors (Lipinski definition) is 2. The Kier molecular flexibility index (Phi) is 2.95. The van der Waals surface area contributed by atoms with E-state index in [1.807, 2.05) is 0 Å². The van der Waals surface area contributed by atoms with Crippen molar-refractivity contribution in [3.8, 4) is 5.75 Å². The van der Waals surface area contributed by atoms with E-state index in [2.05, 4.69) is 0 Å². The quantitative estimate of drug-likeness (QED) is 0.763. The first-order chi connectivity index (χ1) is 6.73. The topological polar surface area (TPSA) is 40.5 Å². The van der Waals surface area contributed by atoms with Crippen molar-refractivity contribution in [1.29, 1.82) is 0 Å². The average Bonchev–Trinajstić information content (AvgIpc) is 1.99. The molecule has 0 aliphatic rings. The van der Waals surface area contributed by atoms with Gasteiger partial charge in [0.05, 0.1) is 0 Å². The molecule has 0 aromatic heterocycles. The van der Waals surface area contributed by atoms with Crippen LogP contribution in [0.25, 0.3) is 0 Å². The van der Waals surface area contributed by atoms with E-state index in [4.69, 9.17) is 10.2 Å². The lowest BCUT2D eigenvalue weighted by Crippen LogP contribution is -2.22. The average molecular weight is 220 g/mol. The molecule has 0 saturated heterocycles. The van der Waals surface area contributed by atoms with E-state index in [-0.39, 0.29) is 22.4 Å². The number of aliphatic hydroxyl groups is 1. The maximum atomic E-state index is 12.3. The summed E-state index contributed by atoms with van der Waals surface area (Å²) >= 11 is 0. The number of aromatic hydroxyl groups is 1. The third-order valence-electron chi connectivity index (χ3n) is 2.16. The minimum atomic E-state index is -4.69. The van der Waals surface area contributed by atoms with Crippen molar-refractivity contribution in [2.45, 2.75) is 26.1 Å². The first kappa shape index (κ1) is 11.8. The molecule has 0 radical (unpaired) electrons. The van der Waals surface area contributed by atoms with Crippen molar-refractivity contribution >= 4 is 0 Å². The zero-order valence-electron chi connectivity index (χ0n) is 8.26. The van der Waals surface area contributed by atoms with Gasteiger partial charge in [-0.05, 0) is 42.7 Å². The fraction of sp³-hybridized carbons (Fsp3) is 0.400. The van der Waals surface area contributed by atoms with Crippen LogP contribution in [0.2, 0.25) is 0 Å². The molecule has 0 aliphatic heterocycles. The summed E-state index contributed by atoms with van der Waals surface area (Å²) in [5.41, 5.74) is 0.245. The van der Waals surface area contributed by atoms with Gasteiger partial charge in [-0.3, -0.25) is 0 Å². The summed E-state index contributed by atoms with van der Waals surface area (Å²) in [5.74, 6) is -0.108. The van der Waals surface area contributed by atoms with Gasteiger partial charge in [0.2, 0.25) is 0 Å². The number of phenolic OH excluding ortho intramolecular Hbond substituents is 1. The Hall–Kier alpha value is -1.23. The number of phenols is 1. The molecule has 5 heteroatoms. The molecule has 84 valence electrons. The Balaban J connectivity index is 3.26. The van der Waals surface area contributed by atoms with Crippen LogP contribution >= 0.6 is 0 Å². The molecule has 0 heterocycles. The van der Waals surface area contributed by atoms with Crippen molar-refractivity contribution in [3.05, 3.63) is 28.8 Å². The Morgan fingerprint density at radius 3 is 1.87 bits per heavy atom. The van der Waals surface area contributed by atoms with E-state index in [0.717, 1.165) is 0 Å². The van der Waals surface area contributed by atoms with Gasteiger partial charge in [0.1, 0.15) is 5.75 Å². The van der Waals surface area contributed by atoms with Crippen molar-refractivity contribution in [2.24, 2.45) is 0 Å². The third kappa shape index (κ3) is 2.41. The fourth-order valence-electron chi connectivity index (χ4n) is 1.55. The minimum absolute atomic E-state index is 0.108. The molecule has 2 nitrogen and oxygen atoms in total. The van der Waals surface area contributed by atoms with Gasteiger partial charge in [-0.1, -0.05) is 0 Å². The van der Waals surface area contributed by atoms with E-state index in [1.165, 1.54) is 26.0 Å². The molecular weight excluding hydrogens is 209 g/mol. The van der Waals surface area contributed by atoms with Gasteiger partial charge in [-0.2, -0.15) is 13.2 Å². The first-order valence-corrected chi connectivity index (χ1v) is 4.28. The predicted octanol–water partition coefficient (Wildman–Crippen LogP) is 2.60. The predicted molar refractivity (Wildman–Crippen MR) is 48.6 cm³/mol. The normalized spacial score (nSPS) is 14.0. The van der Waals surface area contributed by atoms with E-state index >= 15 is 0 Å². The lowest BCUT2D eigenvalue weighted by Gasteiger charge is -2.19. The Bertz CT molecular complexity index is 348. The van der Waals surface area contributed by atoms with E-state index in [0.29, 0.717) is 0 Å². The van der Waals surface area contributed by atoms with E-state index in [9.17, 15) is 13.2 Å². The molecular formula is C10H11F3O2. The van der Waals surface area contributed by atoms with Gasteiger partial charge in [0.15, 0.2) is 6.10 Å². The molecule has 1 rings (SSSR count). The van der Waals surface area contributed by atoms with Crippen molar-refractivity contribution in [2.75, 3.05) is 0 Å². The molecule has 2 N–H and O–H groups in total. The molecule has 0 aliphatic carbocycles. The van der Waals surface area contributed by atoms with Crippen molar-refractivity contribution < 1.29 is 23.4 Å². The van der Waals surface area contributed by atoms with Crippen LogP contribution in [-0.2, 0) is 0 Å². The number of rotatable bonds is 1. The molecule has 1 aromatic carbocycles. The Morgan fingerprint density at radius 1 is 1.13 bits per heavy atom. The summed E-state index contributed by atoms with van der Waals surface area (Å²) in [6.45, 7) is 2.83. The Morgan fingerprint density at radius 2 is 1.53 bits per heavy atom. The van der Waals surface area contributed by atoms with Gasteiger partial charge in [0.25, 0.3) is 0 Å². The maximum absolute atomic E-state index is 12.3. The molecule has 0 bridgehead atoms. The zero-order valence-corrected chi connectivity index (χ0v) is 8.26. The van der Waals surface area contributed by atoms with Crippen molar-refractivity contribution in [3.63, 3.8) is 0 Å². The second-order valence-electron chi connectivity index (χ2n) is 3.44. The van der Waals surface area contributed by atoms with Crippen LogP contribution in [0.5, 0.6) is 5.75 Å². The minimum Gasteiger partial charge on any atom is -0.508 e. The van der Waals surface area contributed by atoms with E-state index < -0.39 is 12.3 Å². The number of alkyl halides is 3. The molecule has 0 spiro atoms. The monoisotopic (exact) mass is 220 g/mol. The molecule has 15 heavy (non-hydrogen) atoms. The van der Waals surface area contributed by atoms with Crippen LogP contribution in [-0.4, -0.2) is 16.4 Å². The highest BCUT2D eigenvalue weighted by atomic mass is 19.4. The summed E-state index contributed by atoms with van der Waals surface area (Å²) < 4.78 is 36.8. The van der Waals surface area contributed by atoms with Crippen LogP contribution in [0.15, 0.2) is 12.1 Å². The standard InChI is InChI=1S/C10H11F3O2/c1-5-3-7(14)4-6(2)8(5)9(15)10(11,12)13/h3-4,9,14-15H,1-2H3. The molecule has 0 amide bonds. The summed E-state index contributed by atoms with van der Waals surface area (Å²) in [6, 6.07) is 2.38. The lowest BCUT2D eigenvalue weighted by atomic mass is 9.97. The highest BCUT2D eigenvalue weighted by molar-refractivity contribution is 5.42. The highest BCUT2D eigenvalue weighted by Crippen LogP contribution is 2.36. The van der Waals surface area contributed by atoms with Gasteiger partial charge in [-0.15, -0.1) is 0 Å². The summed E-state index contributed by atoms with van der Waals surface area (Å²) in [4.78, 5) is 0. The van der Waals surface area contributed by atoms with Crippen LogP contribution in [0.4, 0.5) is 13.2 Å². The fourth-order valence-corrected chi connectivity index (χ4v) is 1.55. The van der Waals surface area contributed by atoms with E-state index in [1.54, 1.807) is 0 Å². The SMILES string of the molecule is Cc1cc(O)cc(C)c1C(O)C(F)(F)F. The van der Waals surface area contributed by atoms with Crippen LogP contribution in [0.1, 0.15) is 22.8 Å². The second kappa shape index (κ2) is 3.73. The molecule has 0 fully saturated rings. The largest absolute Gasteiger partial charge is 0.508 e. The number of benzene rings is 1. The van der Waals surface area contributed by atoms with Gasteiger partial charge >= 0.3 is 6.18 Å². The van der Waals surface area contributed by atoms with Crippen LogP contribution in [0.3, 0.4) is 0 Å². The number of hydrogen-bond acceptors (Lipinski definition) is 2. The second-order valence-corrected chi connectivity index (χ2v) is 3.44. The molecule has 1 unspecified atom stereocenters. The van der Waals surface area contributed by atoms with Crippen molar-refractivity contribution in [1.82, 2.24) is 0 Å². The van der Waals surface area contributed by atoms with Gasteiger partial charge in [0, 0.05) is 0 Å². The number of aryl methyl sites for hydroxylation is 2. The summed E-state index contributed by atoms with van der Waals surface area (Å²) in [7, 11) is 0. The summed E-state index contributed by atoms with van der Waals surface area (Å²) in [6.07, 6.45) is -7.19. The molecule has 0 saturated carbocycles. The molecule has 1 aromatic rings. The highest BCUT2D eigenvalue weighted by Gasteiger charge is 2.40. The number of aliphatic hydroxyl groups excluding tert-OH is 1. The lowest BCUT2D eigenvalue weighted by molar-refractivity contribution is -0.207. The Labute approximate surface area is 85.0 Å². The van der Waals surface area contributed by atoms with Gasteiger partial charge < -0.3 is 10.2 Å². The zero-order chi connectivity index (χ0) is 11.8. The first-order valence-electron chi connectivity index (χ1n) is 4.28.